The van der Waals surface area contributed by atoms with Gasteiger partial charge in [0.05, 0.1) is 6.61 Å². The second-order valence-corrected chi connectivity index (χ2v) is 4.90. The summed E-state index contributed by atoms with van der Waals surface area (Å²) in [4.78, 5) is 11.7. The van der Waals surface area contributed by atoms with Gasteiger partial charge >= 0.3 is 5.97 Å². The number of carbonyl (C=O) groups is 1. The number of allylic oxidation sites excluding steroid dienone is 1. The molecular formula is C16H20O2. The van der Waals surface area contributed by atoms with Gasteiger partial charge in [-0.25, -0.2) is 4.79 Å². The van der Waals surface area contributed by atoms with Crippen LogP contribution < -0.4 is 0 Å². The molecule has 2 nitrogen and oxygen atoms in total. The fraction of sp³-hybridized carbons (Fsp3) is 0.438. The van der Waals surface area contributed by atoms with E-state index in [1.54, 1.807) is 6.08 Å². The van der Waals surface area contributed by atoms with Gasteiger partial charge in [0.2, 0.25) is 0 Å². The van der Waals surface area contributed by atoms with E-state index in [0.717, 1.165) is 18.4 Å². The molecule has 0 N–H and O–H groups in total. The van der Waals surface area contributed by atoms with Crippen molar-refractivity contribution in [1.82, 2.24) is 0 Å². The molecule has 1 aromatic carbocycles. The van der Waals surface area contributed by atoms with Crippen molar-refractivity contribution in [2.45, 2.75) is 33.6 Å². The Hall–Kier alpha value is -1.57. The number of ether oxygens (including phenoxy) is 1. The molecule has 0 saturated carbocycles. The molecule has 1 aliphatic rings. The van der Waals surface area contributed by atoms with Gasteiger partial charge in [0.25, 0.3) is 0 Å². The number of benzene rings is 1. The SMILES string of the molecule is CCOC(=O)/C=C1/c2c(C)cccc2CCC1C. The van der Waals surface area contributed by atoms with Crippen LogP contribution in [-0.4, -0.2) is 12.6 Å². The lowest BCUT2D eigenvalue weighted by atomic mass is 9.78. The minimum Gasteiger partial charge on any atom is -0.463 e. The van der Waals surface area contributed by atoms with Gasteiger partial charge in [0.1, 0.15) is 0 Å². The molecule has 0 radical (unpaired) electrons. The molecule has 0 spiro atoms. The van der Waals surface area contributed by atoms with E-state index in [-0.39, 0.29) is 5.97 Å². The Morgan fingerprint density at radius 1 is 1.50 bits per heavy atom. The van der Waals surface area contributed by atoms with Crippen LogP contribution in [0.4, 0.5) is 0 Å². The maximum absolute atomic E-state index is 11.7. The van der Waals surface area contributed by atoms with Gasteiger partial charge in [0, 0.05) is 6.08 Å². The molecule has 2 rings (SSSR count). The first-order valence-electron chi connectivity index (χ1n) is 6.60. The highest BCUT2D eigenvalue weighted by molar-refractivity contribution is 5.93. The van der Waals surface area contributed by atoms with Crippen LogP contribution in [0.2, 0.25) is 0 Å². The van der Waals surface area contributed by atoms with Crippen molar-refractivity contribution in [3.63, 3.8) is 0 Å². The van der Waals surface area contributed by atoms with Crippen LogP contribution in [0.15, 0.2) is 24.3 Å². The molecule has 96 valence electrons. The molecule has 0 bridgehead atoms. The lowest BCUT2D eigenvalue weighted by Gasteiger charge is -2.26. The number of hydrogen-bond acceptors (Lipinski definition) is 2. The maximum atomic E-state index is 11.7. The van der Waals surface area contributed by atoms with Crippen molar-refractivity contribution >= 4 is 11.5 Å². The van der Waals surface area contributed by atoms with Gasteiger partial charge in [-0.3, -0.25) is 0 Å². The molecule has 2 heteroatoms. The second-order valence-electron chi connectivity index (χ2n) is 4.90. The number of fused-ring (bicyclic) bond motifs is 1. The second kappa shape index (κ2) is 5.38. The summed E-state index contributed by atoms with van der Waals surface area (Å²) in [7, 11) is 0. The van der Waals surface area contributed by atoms with Crippen LogP contribution in [0.1, 0.15) is 37.0 Å². The summed E-state index contributed by atoms with van der Waals surface area (Å²) < 4.78 is 5.03. The monoisotopic (exact) mass is 244 g/mol. The van der Waals surface area contributed by atoms with Gasteiger partial charge in [-0.2, -0.15) is 0 Å². The first-order valence-corrected chi connectivity index (χ1v) is 6.60. The predicted octanol–water partition coefficient (Wildman–Crippen LogP) is 3.52. The van der Waals surface area contributed by atoms with Crippen LogP contribution >= 0.6 is 0 Å². The van der Waals surface area contributed by atoms with Crippen LogP contribution in [-0.2, 0) is 16.0 Å². The van der Waals surface area contributed by atoms with E-state index in [1.807, 2.05) is 6.92 Å². The van der Waals surface area contributed by atoms with Crippen molar-refractivity contribution in [3.05, 3.63) is 41.0 Å². The average Bonchev–Trinajstić information content (AvgIpc) is 2.33. The molecule has 0 heterocycles. The molecule has 1 aliphatic carbocycles. The van der Waals surface area contributed by atoms with Crippen LogP contribution in [0.3, 0.4) is 0 Å². The first-order chi connectivity index (χ1) is 8.63. The van der Waals surface area contributed by atoms with Crippen molar-refractivity contribution in [2.24, 2.45) is 5.92 Å². The summed E-state index contributed by atoms with van der Waals surface area (Å²) in [6, 6.07) is 6.36. The Morgan fingerprint density at radius 3 is 3.00 bits per heavy atom. The Labute approximate surface area is 109 Å². The van der Waals surface area contributed by atoms with E-state index in [2.05, 4.69) is 32.0 Å². The van der Waals surface area contributed by atoms with Gasteiger partial charge < -0.3 is 4.74 Å². The van der Waals surface area contributed by atoms with Crippen molar-refractivity contribution in [3.8, 4) is 0 Å². The zero-order valence-electron chi connectivity index (χ0n) is 11.3. The highest BCUT2D eigenvalue weighted by atomic mass is 16.5. The van der Waals surface area contributed by atoms with E-state index in [4.69, 9.17) is 4.74 Å². The lowest BCUT2D eigenvalue weighted by molar-refractivity contribution is -0.137. The lowest BCUT2D eigenvalue weighted by Crippen LogP contribution is -2.14. The minimum atomic E-state index is -0.226. The van der Waals surface area contributed by atoms with E-state index < -0.39 is 0 Å². The fourth-order valence-corrected chi connectivity index (χ4v) is 2.65. The minimum absolute atomic E-state index is 0.226. The number of esters is 1. The smallest absolute Gasteiger partial charge is 0.331 e. The fourth-order valence-electron chi connectivity index (χ4n) is 2.65. The van der Waals surface area contributed by atoms with Crippen molar-refractivity contribution < 1.29 is 9.53 Å². The molecular weight excluding hydrogens is 224 g/mol. The largest absolute Gasteiger partial charge is 0.463 e. The summed E-state index contributed by atoms with van der Waals surface area (Å²) in [6.45, 7) is 6.55. The van der Waals surface area contributed by atoms with E-state index in [9.17, 15) is 4.79 Å². The van der Waals surface area contributed by atoms with Crippen molar-refractivity contribution in [1.29, 1.82) is 0 Å². The molecule has 18 heavy (non-hydrogen) atoms. The molecule has 0 aromatic heterocycles. The van der Waals surface area contributed by atoms with Crippen LogP contribution in [0.25, 0.3) is 5.57 Å². The van der Waals surface area contributed by atoms with Gasteiger partial charge in [0.15, 0.2) is 0 Å². The molecule has 0 amide bonds. The summed E-state index contributed by atoms with van der Waals surface area (Å²) in [5.41, 5.74) is 4.98. The zero-order valence-corrected chi connectivity index (χ0v) is 11.3. The number of rotatable bonds is 2. The van der Waals surface area contributed by atoms with E-state index in [1.165, 1.54) is 16.7 Å². The third kappa shape index (κ3) is 2.47. The number of aryl methyl sites for hydroxylation is 2. The quantitative estimate of drug-likeness (QED) is 0.587. The molecule has 0 saturated heterocycles. The van der Waals surface area contributed by atoms with E-state index >= 15 is 0 Å². The topological polar surface area (TPSA) is 26.3 Å². The summed E-state index contributed by atoms with van der Waals surface area (Å²) in [6.07, 6.45) is 3.87. The molecule has 1 aromatic rings. The van der Waals surface area contributed by atoms with E-state index in [0.29, 0.717) is 12.5 Å². The predicted molar refractivity (Wildman–Crippen MR) is 73.3 cm³/mol. The molecule has 0 fully saturated rings. The molecule has 0 aliphatic heterocycles. The summed E-state index contributed by atoms with van der Waals surface area (Å²) in [5, 5.41) is 0. The highest BCUT2D eigenvalue weighted by Gasteiger charge is 2.22. The standard InChI is InChI=1S/C16H20O2/c1-4-18-15(17)10-14-11(2)8-9-13-7-5-6-12(3)16(13)14/h5-7,10-11H,4,8-9H2,1-3H3/b14-10+. The number of carbonyl (C=O) groups excluding carboxylic acids is 1. The van der Waals surface area contributed by atoms with Crippen molar-refractivity contribution in [2.75, 3.05) is 6.61 Å². The Morgan fingerprint density at radius 2 is 2.28 bits per heavy atom. The van der Waals surface area contributed by atoms with Gasteiger partial charge in [-0.1, -0.05) is 25.1 Å². The first kappa shape index (κ1) is 12.9. The Kier molecular flexibility index (Phi) is 3.85. The number of hydrogen-bond donors (Lipinski definition) is 0. The van der Waals surface area contributed by atoms with Crippen LogP contribution in [0, 0.1) is 12.8 Å². The summed E-state index contributed by atoms with van der Waals surface area (Å²) in [5.74, 6) is 0.193. The maximum Gasteiger partial charge on any atom is 0.331 e. The molecule has 1 unspecified atom stereocenters. The third-order valence-electron chi connectivity index (χ3n) is 3.59. The Bertz CT molecular complexity index is 486. The Balaban J connectivity index is 2.45. The molecule has 1 atom stereocenters. The zero-order chi connectivity index (χ0) is 13.1. The average molecular weight is 244 g/mol. The van der Waals surface area contributed by atoms with Crippen LogP contribution in [0.5, 0.6) is 0 Å². The third-order valence-corrected chi connectivity index (χ3v) is 3.59. The van der Waals surface area contributed by atoms with Gasteiger partial charge in [-0.05, 0) is 54.9 Å². The normalized spacial score (nSPS) is 20.6. The highest BCUT2D eigenvalue weighted by Crippen LogP contribution is 2.37. The summed E-state index contributed by atoms with van der Waals surface area (Å²) >= 11 is 0. The van der Waals surface area contributed by atoms with Gasteiger partial charge in [-0.15, -0.1) is 0 Å².